The van der Waals surface area contributed by atoms with Crippen LogP contribution in [0, 0.1) is 0 Å². The lowest BCUT2D eigenvalue weighted by Gasteiger charge is -2.46. The lowest BCUT2D eigenvalue weighted by molar-refractivity contribution is -0.138. The zero-order valence-electron chi connectivity index (χ0n) is 22.7. The van der Waals surface area contributed by atoms with Crippen LogP contribution in [0.4, 0.5) is 18.9 Å². The summed E-state index contributed by atoms with van der Waals surface area (Å²) in [4.78, 5) is 15.1. The second-order valence-electron chi connectivity index (χ2n) is 11.8. The molecule has 3 aliphatic rings. The number of nitrogens with zero attached hydrogens (tertiary/aromatic N) is 4. The van der Waals surface area contributed by atoms with Gasteiger partial charge in [0.25, 0.3) is 5.91 Å². The first-order chi connectivity index (χ1) is 18.9. The van der Waals surface area contributed by atoms with E-state index in [2.05, 4.69) is 22.4 Å². The number of anilines is 1. The third-order valence-electron chi connectivity index (χ3n) is 9.05. The fourth-order valence-electron chi connectivity index (χ4n) is 6.42. The second kappa shape index (κ2) is 9.51. The van der Waals surface area contributed by atoms with Gasteiger partial charge in [-0.25, -0.2) is 0 Å². The number of aromatic nitrogens is 3. The second-order valence-corrected chi connectivity index (χ2v) is 13.4. The fourth-order valence-corrected chi connectivity index (χ4v) is 7.46. The standard InChI is InChI=1S/C29H32F3N5O2S/c1-27(8-5-9-27)33-15-18-10-22-23(24(11-18)29(30,31)32)16-37(25(22)38)20-7-4-6-19(12-20)28(13-21(14-28)40(3)39)26-35-34-17-36(26)2/h4,6-7,10-12,17,21,33H,5,8-9,13-16H2,1-3H3/t21?,28?,40-/m1/s1. The summed E-state index contributed by atoms with van der Waals surface area (Å²) in [5.41, 5.74) is 0.599. The van der Waals surface area contributed by atoms with Crippen LogP contribution >= 0.6 is 0 Å². The van der Waals surface area contributed by atoms with Gasteiger partial charge in [-0.3, -0.25) is 9.00 Å². The molecule has 0 saturated heterocycles. The van der Waals surface area contributed by atoms with Crippen LogP contribution in [0.15, 0.2) is 42.7 Å². The monoisotopic (exact) mass is 571 g/mol. The molecule has 11 heteroatoms. The number of nitrogens with one attached hydrogen (secondary N) is 1. The zero-order chi connectivity index (χ0) is 28.4. The van der Waals surface area contributed by atoms with Crippen LogP contribution in [0.2, 0.25) is 0 Å². The molecule has 1 aliphatic heterocycles. The number of hydrogen-bond acceptors (Lipinski definition) is 5. The molecule has 0 spiro atoms. The van der Waals surface area contributed by atoms with Gasteiger partial charge >= 0.3 is 6.18 Å². The van der Waals surface area contributed by atoms with Crippen molar-refractivity contribution in [3.63, 3.8) is 0 Å². The van der Waals surface area contributed by atoms with Crippen molar-refractivity contribution in [1.29, 1.82) is 0 Å². The van der Waals surface area contributed by atoms with Gasteiger partial charge in [0.2, 0.25) is 0 Å². The Balaban J connectivity index is 1.34. The zero-order valence-corrected chi connectivity index (χ0v) is 23.5. The van der Waals surface area contributed by atoms with Crippen molar-refractivity contribution in [1.82, 2.24) is 20.1 Å². The molecule has 1 aromatic heterocycles. The minimum Gasteiger partial charge on any atom is -0.320 e. The summed E-state index contributed by atoms with van der Waals surface area (Å²) in [6.07, 6.45) is 3.01. The van der Waals surface area contributed by atoms with E-state index in [1.165, 1.54) is 11.0 Å². The molecular formula is C29H32F3N5O2S. The molecule has 7 nitrogen and oxygen atoms in total. The number of carbonyl (C=O) groups is 1. The van der Waals surface area contributed by atoms with E-state index in [1.54, 1.807) is 24.7 Å². The highest BCUT2D eigenvalue weighted by molar-refractivity contribution is 7.85. The molecule has 6 rings (SSSR count). The van der Waals surface area contributed by atoms with E-state index in [0.717, 1.165) is 30.7 Å². The molecule has 2 aliphatic carbocycles. The van der Waals surface area contributed by atoms with E-state index >= 15 is 0 Å². The van der Waals surface area contributed by atoms with Crippen molar-refractivity contribution in [2.24, 2.45) is 7.05 Å². The number of benzene rings is 2. The molecule has 0 radical (unpaired) electrons. The number of alkyl halides is 3. The van der Waals surface area contributed by atoms with E-state index < -0.39 is 33.9 Å². The van der Waals surface area contributed by atoms with Crippen LogP contribution in [0.5, 0.6) is 0 Å². The van der Waals surface area contributed by atoms with E-state index in [1.807, 2.05) is 29.8 Å². The summed E-state index contributed by atoms with van der Waals surface area (Å²) in [7, 11) is 0.851. The normalized spacial score (nSPS) is 24.4. The Kier molecular flexibility index (Phi) is 6.45. The van der Waals surface area contributed by atoms with Crippen LogP contribution in [0.25, 0.3) is 0 Å². The first kappa shape index (κ1) is 27.1. The van der Waals surface area contributed by atoms with Crippen LogP contribution in [-0.2, 0) is 42.5 Å². The highest BCUT2D eigenvalue weighted by Crippen LogP contribution is 2.51. The molecule has 1 atom stereocenters. The van der Waals surface area contributed by atoms with E-state index in [0.29, 0.717) is 24.1 Å². The Bertz CT molecular complexity index is 1510. The number of amides is 1. The summed E-state index contributed by atoms with van der Waals surface area (Å²) in [5, 5.41) is 11.8. The molecule has 1 amide bonds. The van der Waals surface area contributed by atoms with Gasteiger partial charge in [-0.2, -0.15) is 13.2 Å². The Morgan fingerprint density at radius 1 is 1.18 bits per heavy atom. The summed E-state index contributed by atoms with van der Waals surface area (Å²) < 4.78 is 56.7. The lowest BCUT2D eigenvalue weighted by atomic mass is 9.63. The van der Waals surface area contributed by atoms with Crippen molar-refractivity contribution >= 4 is 22.4 Å². The van der Waals surface area contributed by atoms with Crippen molar-refractivity contribution in [2.75, 3.05) is 11.2 Å². The Labute approximate surface area is 233 Å². The molecule has 212 valence electrons. The van der Waals surface area contributed by atoms with E-state index in [9.17, 15) is 22.2 Å². The van der Waals surface area contributed by atoms with Gasteiger partial charge in [0.15, 0.2) is 0 Å². The molecule has 2 saturated carbocycles. The molecule has 40 heavy (non-hydrogen) atoms. The van der Waals surface area contributed by atoms with Crippen LogP contribution in [-0.4, -0.2) is 41.9 Å². The van der Waals surface area contributed by atoms with Crippen LogP contribution < -0.4 is 10.2 Å². The quantitative estimate of drug-likeness (QED) is 0.439. The highest BCUT2D eigenvalue weighted by Gasteiger charge is 2.51. The first-order valence-electron chi connectivity index (χ1n) is 13.5. The number of carbonyl (C=O) groups excluding carboxylic acids is 1. The predicted molar refractivity (Wildman–Crippen MR) is 146 cm³/mol. The minimum atomic E-state index is -4.58. The van der Waals surface area contributed by atoms with Crippen molar-refractivity contribution in [3.8, 4) is 0 Å². The first-order valence-corrected chi connectivity index (χ1v) is 15.1. The molecular weight excluding hydrogens is 539 g/mol. The smallest absolute Gasteiger partial charge is 0.320 e. The third-order valence-corrected chi connectivity index (χ3v) is 10.3. The lowest BCUT2D eigenvalue weighted by Crippen LogP contribution is -2.49. The molecule has 1 N–H and O–H groups in total. The van der Waals surface area contributed by atoms with E-state index in [4.69, 9.17) is 0 Å². The molecule has 2 fully saturated rings. The van der Waals surface area contributed by atoms with Crippen molar-refractivity contribution in [2.45, 2.75) is 74.5 Å². The number of aryl methyl sites for hydroxylation is 1. The van der Waals surface area contributed by atoms with Crippen LogP contribution in [0.3, 0.4) is 0 Å². The van der Waals surface area contributed by atoms with E-state index in [-0.39, 0.29) is 35.0 Å². The Morgan fingerprint density at radius 3 is 2.52 bits per heavy atom. The van der Waals surface area contributed by atoms with Gasteiger partial charge in [0.1, 0.15) is 12.2 Å². The minimum absolute atomic E-state index is 0.00148. The van der Waals surface area contributed by atoms with Gasteiger partial charge < -0.3 is 14.8 Å². The molecule has 2 aromatic carbocycles. The van der Waals surface area contributed by atoms with Gasteiger partial charge in [0, 0.05) is 52.7 Å². The summed E-state index contributed by atoms with van der Waals surface area (Å²) in [6, 6.07) is 10.2. The van der Waals surface area contributed by atoms with Gasteiger partial charge in [-0.1, -0.05) is 12.1 Å². The number of halogens is 3. The summed E-state index contributed by atoms with van der Waals surface area (Å²) in [6.45, 7) is 2.19. The van der Waals surface area contributed by atoms with Gasteiger partial charge in [0.05, 0.1) is 17.5 Å². The molecule has 3 aromatic rings. The number of hydrogen-bond donors (Lipinski definition) is 1. The fraction of sp³-hybridized carbons (Fsp3) is 0.483. The van der Waals surface area contributed by atoms with Crippen LogP contribution in [0.1, 0.15) is 77.5 Å². The predicted octanol–water partition coefficient (Wildman–Crippen LogP) is 4.85. The summed E-state index contributed by atoms with van der Waals surface area (Å²) in [5.74, 6) is 0.294. The maximum Gasteiger partial charge on any atom is 0.416 e. The van der Waals surface area contributed by atoms with Crippen molar-refractivity contribution in [3.05, 3.63) is 76.4 Å². The Hall–Kier alpha value is -3.05. The SMILES string of the molecule is Cn1cnnc1C1(c2cccc(N3Cc4c(cc(CNC5(C)CCC5)cc4C(F)(F)F)C3=O)c2)CC([S@@](C)=O)C1. The highest BCUT2D eigenvalue weighted by atomic mass is 32.2. The average molecular weight is 572 g/mol. The average Bonchev–Trinajstić information content (AvgIpc) is 3.43. The van der Waals surface area contributed by atoms with Gasteiger partial charge in [-0.05, 0) is 80.0 Å². The maximum absolute atomic E-state index is 14.2. The van der Waals surface area contributed by atoms with Crippen molar-refractivity contribution < 1.29 is 22.2 Å². The molecule has 0 bridgehead atoms. The topological polar surface area (TPSA) is 80.1 Å². The largest absolute Gasteiger partial charge is 0.416 e. The number of rotatable bonds is 7. The molecule has 2 heterocycles. The summed E-state index contributed by atoms with van der Waals surface area (Å²) >= 11 is 0. The molecule has 0 unspecified atom stereocenters. The maximum atomic E-state index is 14.2. The Morgan fingerprint density at radius 2 is 1.93 bits per heavy atom. The third kappa shape index (κ3) is 4.47. The van der Waals surface area contributed by atoms with Gasteiger partial charge in [-0.15, -0.1) is 10.2 Å². The number of fused-ring (bicyclic) bond motifs is 1.